The van der Waals surface area contributed by atoms with Crippen LogP contribution in [0, 0.1) is 5.92 Å². The zero-order valence-electron chi connectivity index (χ0n) is 10.7. The van der Waals surface area contributed by atoms with Crippen LogP contribution in [-0.4, -0.2) is 42.8 Å². The van der Waals surface area contributed by atoms with Gasteiger partial charge in [0.25, 0.3) is 0 Å². The largest absolute Gasteiger partial charge is 0.372 e. The van der Waals surface area contributed by atoms with Gasteiger partial charge < -0.3 is 10.5 Å². The SMILES string of the molecule is CC1CCN(CC2CCC(CN)O2)C(C)C1. The first-order valence-electron chi connectivity index (χ1n) is 6.78. The van der Waals surface area contributed by atoms with Crippen LogP contribution in [0.1, 0.15) is 39.5 Å². The lowest BCUT2D eigenvalue weighted by Gasteiger charge is -2.37. The van der Waals surface area contributed by atoms with E-state index in [1.165, 1.54) is 25.8 Å². The fourth-order valence-corrected chi connectivity index (χ4v) is 3.08. The van der Waals surface area contributed by atoms with Crippen molar-refractivity contribution in [2.75, 3.05) is 19.6 Å². The summed E-state index contributed by atoms with van der Waals surface area (Å²) in [5.74, 6) is 0.896. The summed E-state index contributed by atoms with van der Waals surface area (Å²) in [6.45, 7) is 7.76. The molecule has 2 heterocycles. The number of likely N-dealkylation sites (tertiary alicyclic amines) is 1. The van der Waals surface area contributed by atoms with Crippen LogP contribution in [0.4, 0.5) is 0 Å². The van der Waals surface area contributed by atoms with E-state index in [0.29, 0.717) is 18.8 Å². The van der Waals surface area contributed by atoms with Crippen molar-refractivity contribution in [3.63, 3.8) is 0 Å². The molecule has 94 valence electrons. The quantitative estimate of drug-likeness (QED) is 0.794. The molecule has 2 aliphatic rings. The van der Waals surface area contributed by atoms with Crippen LogP contribution in [0.3, 0.4) is 0 Å². The molecule has 0 saturated carbocycles. The van der Waals surface area contributed by atoms with Crippen LogP contribution in [0.15, 0.2) is 0 Å². The standard InChI is InChI=1S/C13H26N2O/c1-10-5-6-15(11(2)7-10)9-13-4-3-12(8-14)16-13/h10-13H,3-9,14H2,1-2H3. The van der Waals surface area contributed by atoms with E-state index >= 15 is 0 Å². The minimum Gasteiger partial charge on any atom is -0.372 e. The van der Waals surface area contributed by atoms with Crippen molar-refractivity contribution >= 4 is 0 Å². The average molecular weight is 226 g/mol. The molecule has 0 amide bonds. The first-order valence-corrected chi connectivity index (χ1v) is 6.78. The number of nitrogens with zero attached hydrogens (tertiary/aromatic N) is 1. The van der Waals surface area contributed by atoms with Crippen LogP contribution in [0.5, 0.6) is 0 Å². The van der Waals surface area contributed by atoms with Crippen molar-refractivity contribution in [3.05, 3.63) is 0 Å². The minimum atomic E-state index is 0.323. The summed E-state index contributed by atoms with van der Waals surface area (Å²) in [5, 5.41) is 0. The lowest BCUT2D eigenvalue weighted by molar-refractivity contribution is 0.00793. The van der Waals surface area contributed by atoms with Crippen molar-refractivity contribution in [2.24, 2.45) is 11.7 Å². The Kier molecular flexibility index (Phi) is 4.22. The van der Waals surface area contributed by atoms with E-state index < -0.39 is 0 Å². The van der Waals surface area contributed by atoms with Gasteiger partial charge in [-0.15, -0.1) is 0 Å². The third kappa shape index (κ3) is 2.96. The average Bonchev–Trinajstić information content (AvgIpc) is 2.70. The lowest BCUT2D eigenvalue weighted by Crippen LogP contribution is -2.44. The number of piperidine rings is 1. The lowest BCUT2D eigenvalue weighted by atomic mass is 9.93. The zero-order chi connectivity index (χ0) is 11.5. The molecule has 2 fully saturated rings. The maximum absolute atomic E-state index is 5.92. The van der Waals surface area contributed by atoms with Gasteiger partial charge in [0.15, 0.2) is 0 Å². The van der Waals surface area contributed by atoms with Crippen LogP contribution >= 0.6 is 0 Å². The first kappa shape index (κ1) is 12.3. The number of rotatable bonds is 3. The molecule has 0 aromatic carbocycles. The summed E-state index contributed by atoms with van der Waals surface area (Å²) < 4.78 is 5.92. The molecular weight excluding hydrogens is 200 g/mol. The van der Waals surface area contributed by atoms with E-state index in [0.717, 1.165) is 24.9 Å². The summed E-state index contributed by atoms with van der Waals surface area (Å²) >= 11 is 0. The number of hydrogen-bond acceptors (Lipinski definition) is 3. The summed E-state index contributed by atoms with van der Waals surface area (Å²) in [6, 6.07) is 0.726. The van der Waals surface area contributed by atoms with Crippen molar-refractivity contribution in [2.45, 2.75) is 57.8 Å². The predicted octanol–water partition coefficient (Wildman–Crippen LogP) is 1.61. The Morgan fingerprint density at radius 1 is 1.19 bits per heavy atom. The van der Waals surface area contributed by atoms with E-state index in [4.69, 9.17) is 10.5 Å². The Hall–Kier alpha value is -0.120. The van der Waals surface area contributed by atoms with Crippen molar-refractivity contribution in [1.29, 1.82) is 0 Å². The Balaban J connectivity index is 1.77. The highest BCUT2D eigenvalue weighted by Crippen LogP contribution is 2.25. The number of nitrogens with two attached hydrogens (primary N) is 1. The first-order chi connectivity index (χ1) is 7.69. The zero-order valence-corrected chi connectivity index (χ0v) is 10.7. The highest BCUT2D eigenvalue weighted by molar-refractivity contribution is 4.82. The maximum Gasteiger partial charge on any atom is 0.0707 e. The highest BCUT2D eigenvalue weighted by Gasteiger charge is 2.29. The summed E-state index contributed by atoms with van der Waals surface area (Å²) in [6.07, 6.45) is 5.79. The van der Waals surface area contributed by atoms with Crippen LogP contribution in [0.25, 0.3) is 0 Å². The Bertz CT molecular complexity index is 222. The van der Waals surface area contributed by atoms with Gasteiger partial charge in [-0.05, 0) is 45.1 Å². The van der Waals surface area contributed by atoms with Crippen LogP contribution in [-0.2, 0) is 4.74 Å². The second-order valence-electron chi connectivity index (χ2n) is 5.67. The second-order valence-corrected chi connectivity index (χ2v) is 5.67. The topological polar surface area (TPSA) is 38.5 Å². The molecule has 0 aromatic rings. The van der Waals surface area contributed by atoms with Gasteiger partial charge in [-0.1, -0.05) is 6.92 Å². The van der Waals surface area contributed by atoms with E-state index in [9.17, 15) is 0 Å². The Morgan fingerprint density at radius 2 is 1.94 bits per heavy atom. The molecule has 0 spiro atoms. The molecule has 0 bridgehead atoms. The third-order valence-corrected chi connectivity index (χ3v) is 4.17. The van der Waals surface area contributed by atoms with Crippen molar-refractivity contribution in [1.82, 2.24) is 4.90 Å². The van der Waals surface area contributed by atoms with Gasteiger partial charge in [0, 0.05) is 19.1 Å². The third-order valence-electron chi connectivity index (χ3n) is 4.17. The highest BCUT2D eigenvalue weighted by atomic mass is 16.5. The molecule has 4 atom stereocenters. The van der Waals surface area contributed by atoms with Gasteiger partial charge in [-0.2, -0.15) is 0 Å². The van der Waals surface area contributed by atoms with Gasteiger partial charge in [0.05, 0.1) is 12.2 Å². The summed E-state index contributed by atoms with van der Waals surface area (Å²) in [7, 11) is 0. The van der Waals surface area contributed by atoms with E-state index in [1.54, 1.807) is 0 Å². The molecule has 0 aliphatic carbocycles. The van der Waals surface area contributed by atoms with Crippen LogP contribution < -0.4 is 5.73 Å². The fraction of sp³-hybridized carbons (Fsp3) is 1.00. The summed E-state index contributed by atoms with van der Waals surface area (Å²) in [4.78, 5) is 2.60. The molecule has 0 radical (unpaired) electrons. The Labute approximate surface area is 99.3 Å². The second kappa shape index (κ2) is 5.48. The predicted molar refractivity (Wildman–Crippen MR) is 66.4 cm³/mol. The molecule has 2 aliphatic heterocycles. The number of hydrogen-bond donors (Lipinski definition) is 1. The molecule has 2 rings (SSSR count). The Morgan fingerprint density at radius 3 is 2.56 bits per heavy atom. The van der Waals surface area contributed by atoms with Gasteiger partial charge in [0.2, 0.25) is 0 Å². The molecule has 16 heavy (non-hydrogen) atoms. The van der Waals surface area contributed by atoms with Gasteiger partial charge in [-0.25, -0.2) is 0 Å². The molecule has 0 aromatic heterocycles. The van der Waals surface area contributed by atoms with Crippen molar-refractivity contribution in [3.8, 4) is 0 Å². The molecule has 3 nitrogen and oxygen atoms in total. The normalized spacial score (nSPS) is 41.4. The molecule has 2 saturated heterocycles. The van der Waals surface area contributed by atoms with Gasteiger partial charge in [0.1, 0.15) is 0 Å². The molecule has 4 unspecified atom stereocenters. The maximum atomic E-state index is 5.92. The minimum absolute atomic E-state index is 0.323. The fourth-order valence-electron chi connectivity index (χ4n) is 3.08. The van der Waals surface area contributed by atoms with Gasteiger partial charge in [-0.3, -0.25) is 4.90 Å². The van der Waals surface area contributed by atoms with E-state index in [2.05, 4.69) is 18.7 Å². The molecule has 2 N–H and O–H groups in total. The molecule has 3 heteroatoms. The summed E-state index contributed by atoms with van der Waals surface area (Å²) in [5.41, 5.74) is 5.64. The monoisotopic (exact) mass is 226 g/mol. The van der Waals surface area contributed by atoms with Crippen LogP contribution in [0.2, 0.25) is 0 Å². The van der Waals surface area contributed by atoms with E-state index in [-0.39, 0.29) is 0 Å². The smallest absolute Gasteiger partial charge is 0.0707 e. The van der Waals surface area contributed by atoms with E-state index in [1.807, 2.05) is 0 Å². The number of ether oxygens (including phenoxy) is 1. The molecular formula is C13H26N2O. The van der Waals surface area contributed by atoms with Gasteiger partial charge >= 0.3 is 0 Å². The van der Waals surface area contributed by atoms with Crippen molar-refractivity contribution < 1.29 is 4.74 Å².